The van der Waals surface area contributed by atoms with E-state index < -0.39 is 0 Å². The van der Waals surface area contributed by atoms with Gasteiger partial charge in [-0.3, -0.25) is 0 Å². The molecule has 0 aromatic heterocycles. The van der Waals surface area contributed by atoms with E-state index in [0.717, 1.165) is 12.8 Å². The monoisotopic (exact) mass is 321 g/mol. The number of hydrogen-bond donors (Lipinski definition) is 1. The molecule has 23 heavy (non-hydrogen) atoms. The van der Waals surface area contributed by atoms with Gasteiger partial charge in [-0.2, -0.15) is 0 Å². The van der Waals surface area contributed by atoms with Gasteiger partial charge in [-0.1, -0.05) is 73.7 Å². The first-order valence-corrected chi connectivity index (χ1v) is 9.02. The fourth-order valence-corrected chi connectivity index (χ4v) is 3.96. The van der Waals surface area contributed by atoms with Crippen LogP contribution in [0.3, 0.4) is 0 Å². The molecule has 0 radical (unpaired) electrons. The Labute approximate surface area is 143 Å². The van der Waals surface area contributed by atoms with E-state index >= 15 is 0 Å². The van der Waals surface area contributed by atoms with Crippen molar-refractivity contribution in [1.29, 1.82) is 0 Å². The highest BCUT2D eigenvalue weighted by atomic mass is 32.2. The molecule has 1 nitrogen and oxygen atoms in total. The zero-order chi connectivity index (χ0) is 16.1. The number of benzene rings is 2. The maximum atomic E-state index is 3.72. The van der Waals surface area contributed by atoms with E-state index in [4.69, 9.17) is 0 Å². The van der Waals surface area contributed by atoms with Crippen molar-refractivity contribution in [3.63, 3.8) is 0 Å². The summed E-state index contributed by atoms with van der Waals surface area (Å²) in [5, 5.41) is 0. The van der Waals surface area contributed by atoms with Crippen LogP contribution in [0.1, 0.15) is 37.8 Å². The fourth-order valence-electron chi connectivity index (χ4n) is 2.92. The number of fused-ring (bicyclic) bond motifs is 1. The van der Waals surface area contributed by atoms with Crippen LogP contribution < -0.4 is 4.72 Å². The minimum Gasteiger partial charge on any atom is -0.250 e. The van der Waals surface area contributed by atoms with Crippen molar-refractivity contribution in [2.24, 2.45) is 0 Å². The number of allylic oxidation sites excluding steroid dienone is 1. The van der Waals surface area contributed by atoms with Crippen LogP contribution in [0.5, 0.6) is 0 Å². The van der Waals surface area contributed by atoms with Crippen LogP contribution in [0.25, 0.3) is 5.57 Å². The lowest BCUT2D eigenvalue weighted by Crippen LogP contribution is -2.37. The Hall–Kier alpha value is -1.77. The second-order valence-corrected chi connectivity index (χ2v) is 6.76. The van der Waals surface area contributed by atoms with Crippen molar-refractivity contribution in [1.82, 2.24) is 4.72 Å². The second-order valence-electron chi connectivity index (χ2n) is 5.91. The summed E-state index contributed by atoms with van der Waals surface area (Å²) in [4.78, 5) is 1.29. The lowest BCUT2D eigenvalue weighted by atomic mass is 9.86. The van der Waals surface area contributed by atoms with Gasteiger partial charge in [0.15, 0.2) is 0 Å². The van der Waals surface area contributed by atoms with E-state index in [2.05, 4.69) is 91.4 Å². The molecule has 118 valence electrons. The average Bonchev–Trinajstić information content (AvgIpc) is 2.79. The molecular weight excluding hydrogens is 298 g/mol. The highest BCUT2D eigenvalue weighted by Crippen LogP contribution is 2.39. The van der Waals surface area contributed by atoms with E-state index in [1.807, 2.05) is 0 Å². The Kier molecular flexibility index (Phi) is 5.04. The third-order valence-corrected chi connectivity index (χ3v) is 5.48. The molecule has 2 aromatic rings. The normalized spacial score (nSPS) is 20.9. The van der Waals surface area contributed by atoms with Gasteiger partial charge in [-0.25, -0.2) is 4.72 Å². The van der Waals surface area contributed by atoms with Crippen molar-refractivity contribution < 1.29 is 0 Å². The second kappa shape index (κ2) is 7.20. The molecule has 0 spiro atoms. The van der Waals surface area contributed by atoms with E-state index in [1.54, 1.807) is 11.9 Å². The van der Waals surface area contributed by atoms with Gasteiger partial charge in [-0.15, -0.1) is 0 Å². The summed E-state index contributed by atoms with van der Waals surface area (Å²) < 4.78 is 3.72. The van der Waals surface area contributed by atoms with Crippen LogP contribution in [0.2, 0.25) is 0 Å². The molecule has 2 aromatic carbocycles. The van der Waals surface area contributed by atoms with Crippen LogP contribution in [-0.2, 0) is 0 Å². The first-order chi connectivity index (χ1) is 11.3. The molecule has 2 heteroatoms. The third kappa shape index (κ3) is 3.44. The van der Waals surface area contributed by atoms with E-state index in [-0.39, 0.29) is 5.54 Å². The molecule has 0 saturated heterocycles. The Morgan fingerprint density at radius 1 is 1.04 bits per heavy atom. The van der Waals surface area contributed by atoms with Crippen molar-refractivity contribution in [3.8, 4) is 0 Å². The van der Waals surface area contributed by atoms with Crippen LogP contribution in [0.15, 0.2) is 77.7 Å². The van der Waals surface area contributed by atoms with Crippen LogP contribution >= 0.6 is 11.9 Å². The molecule has 1 aliphatic heterocycles. The molecule has 3 rings (SSSR count). The predicted octanol–water partition coefficient (Wildman–Crippen LogP) is 5.84. The largest absolute Gasteiger partial charge is 0.250 e. The molecule has 0 fully saturated rings. The highest BCUT2D eigenvalue weighted by molar-refractivity contribution is 7.97. The van der Waals surface area contributed by atoms with Gasteiger partial charge in [0.25, 0.3) is 0 Å². The first kappa shape index (κ1) is 16.1. The molecular formula is C21H23NS. The van der Waals surface area contributed by atoms with Gasteiger partial charge < -0.3 is 0 Å². The molecule has 1 unspecified atom stereocenters. The SMILES string of the molecule is CC=CCC1(CC)C=C(c2ccccc2)c2ccccc2SN1. The Morgan fingerprint density at radius 2 is 1.78 bits per heavy atom. The van der Waals surface area contributed by atoms with Gasteiger partial charge in [0.05, 0.1) is 5.54 Å². The molecule has 1 N–H and O–H groups in total. The quantitative estimate of drug-likeness (QED) is 0.560. The topological polar surface area (TPSA) is 12.0 Å². The fraction of sp³-hybridized carbons (Fsp3) is 0.238. The summed E-state index contributed by atoms with van der Waals surface area (Å²) in [5.41, 5.74) is 3.89. The van der Waals surface area contributed by atoms with Gasteiger partial charge in [0, 0.05) is 4.90 Å². The summed E-state index contributed by atoms with van der Waals surface area (Å²) in [6, 6.07) is 19.4. The molecule has 0 amide bonds. The summed E-state index contributed by atoms with van der Waals surface area (Å²) >= 11 is 1.75. The average molecular weight is 321 g/mol. The number of nitrogens with one attached hydrogen (secondary N) is 1. The van der Waals surface area contributed by atoms with E-state index in [1.165, 1.54) is 21.6 Å². The van der Waals surface area contributed by atoms with Crippen molar-refractivity contribution in [2.75, 3.05) is 0 Å². The summed E-state index contributed by atoms with van der Waals surface area (Å²) in [7, 11) is 0. The number of rotatable bonds is 4. The van der Waals surface area contributed by atoms with Crippen molar-refractivity contribution >= 4 is 17.5 Å². The third-order valence-electron chi connectivity index (χ3n) is 4.40. The highest BCUT2D eigenvalue weighted by Gasteiger charge is 2.29. The van der Waals surface area contributed by atoms with Crippen LogP contribution in [0.4, 0.5) is 0 Å². The van der Waals surface area contributed by atoms with Crippen molar-refractivity contribution in [3.05, 3.63) is 84.0 Å². The smallest absolute Gasteiger partial charge is 0.0506 e. The maximum absolute atomic E-state index is 3.72. The molecule has 1 heterocycles. The minimum atomic E-state index is -0.0264. The lowest BCUT2D eigenvalue weighted by molar-refractivity contribution is 0.482. The van der Waals surface area contributed by atoms with Gasteiger partial charge in [-0.05, 0) is 54.5 Å². The molecule has 0 aliphatic carbocycles. The lowest BCUT2D eigenvalue weighted by Gasteiger charge is -2.28. The Balaban J connectivity index is 2.16. The number of hydrogen-bond acceptors (Lipinski definition) is 2. The van der Waals surface area contributed by atoms with Gasteiger partial charge in [0.2, 0.25) is 0 Å². The zero-order valence-electron chi connectivity index (χ0n) is 13.8. The molecule has 0 saturated carbocycles. The molecule has 0 bridgehead atoms. The summed E-state index contributed by atoms with van der Waals surface area (Å²) in [6.45, 7) is 4.34. The minimum absolute atomic E-state index is 0.0264. The standard InChI is InChI=1S/C21H23NS/c1-3-5-15-21(4-2)16-19(17-11-7-6-8-12-17)18-13-9-10-14-20(18)23-22-21/h3,5-14,16,22H,4,15H2,1-2H3. The van der Waals surface area contributed by atoms with E-state index in [9.17, 15) is 0 Å². The summed E-state index contributed by atoms with van der Waals surface area (Å²) in [5.74, 6) is 0. The Bertz CT molecular complexity index is 718. The van der Waals surface area contributed by atoms with E-state index in [0.29, 0.717) is 0 Å². The molecule has 1 aliphatic rings. The zero-order valence-corrected chi connectivity index (χ0v) is 14.6. The summed E-state index contributed by atoms with van der Waals surface area (Å²) in [6.07, 6.45) is 8.87. The van der Waals surface area contributed by atoms with Crippen LogP contribution in [-0.4, -0.2) is 5.54 Å². The van der Waals surface area contributed by atoms with Gasteiger partial charge >= 0.3 is 0 Å². The van der Waals surface area contributed by atoms with Crippen molar-refractivity contribution in [2.45, 2.75) is 37.1 Å². The molecule has 1 atom stereocenters. The predicted molar refractivity (Wildman–Crippen MR) is 101 cm³/mol. The first-order valence-electron chi connectivity index (χ1n) is 8.21. The maximum Gasteiger partial charge on any atom is 0.0506 e. The van der Waals surface area contributed by atoms with Gasteiger partial charge in [0.1, 0.15) is 0 Å². The Morgan fingerprint density at radius 3 is 2.52 bits per heavy atom. The van der Waals surface area contributed by atoms with Crippen LogP contribution in [0, 0.1) is 0 Å².